The van der Waals surface area contributed by atoms with Crippen molar-refractivity contribution in [3.8, 4) is 0 Å². The van der Waals surface area contributed by atoms with Crippen LogP contribution in [0.15, 0.2) is 24.3 Å². The molecule has 2 rings (SSSR count). The molecule has 76 valence electrons. The van der Waals surface area contributed by atoms with Crippen molar-refractivity contribution in [1.82, 2.24) is 0 Å². The Morgan fingerprint density at radius 1 is 1.36 bits per heavy atom. The van der Waals surface area contributed by atoms with E-state index < -0.39 is 0 Å². The molecule has 2 heteroatoms. The monoisotopic (exact) mass is 190 g/mol. The lowest BCUT2D eigenvalue weighted by Gasteiger charge is -2.21. The van der Waals surface area contributed by atoms with Crippen LogP contribution >= 0.6 is 0 Å². The van der Waals surface area contributed by atoms with Gasteiger partial charge in [-0.1, -0.05) is 18.2 Å². The maximum atomic E-state index is 5.71. The first-order valence-corrected chi connectivity index (χ1v) is 5.30. The van der Waals surface area contributed by atoms with Crippen molar-refractivity contribution in [1.29, 1.82) is 0 Å². The molecule has 1 aromatic carbocycles. The van der Waals surface area contributed by atoms with E-state index in [4.69, 9.17) is 5.73 Å². The molecule has 2 nitrogen and oxygen atoms in total. The number of rotatable bonds is 4. The van der Waals surface area contributed by atoms with Crippen LogP contribution < -0.4 is 10.6 Å². The standard InChI is InChI=1S/C12H18N2/c1-14(9-10-6-7-10)12-5-3-2-4-11(12)8-13/h2-5,10H,6-9,13H2,1H3. The second kappa shape index (κ2) is 4.01. The Morgan fingerprint density at radius 3 is 2.71 bits per heavy atom. The van der Waals surface area contributed by atoms with Gasteiger partial charge in [-0.05, 0) is 30.4 Å². The zero-order chi connectivity index (χ0) is 9.97. The molecule has 1 aliphatic rings. The van der Waals surface area contributed by atoms with Gasteiger partial charge in [0.15, 0.2) is 0 Å². The number of para-hydroxylation sites is 1. The molecule has 2 N–H and O–H groups in total. The average molecular weight is 190 g/mol. The van der Waals surface area contributed by atoms with Crippen molar-refractivity contribution in [2.24, 2.45) is 11.7 Å². The topological polar surface area (TPSA) is 29.3 Å². The zero-order valence-corrected chi connectivity index (χ0v) is 8.74. The van der Waals surface area contributed by atoms with E-state index in [1.54, 1.807) is 0 Å². The molecule has 0 atom stereocenters. The Bertz CT molecular complexity index is 305. The minimum absolute atomic E-state index is 0.630. The summed E-state index contributed by atoms with van der Waals surface area (Å²) >= 11 is 0. The molecule has 0 bridgehead atoms. The van der Waals surface area contributed by atoms with E-state index in [1.165, 1.54) is 30.6 Å². The van der Waals surface area contributed by atoms with Gasteiger partial charge in [0.2, 0.25) is 0 Å². The van der Waals surface area contributed by atoms with Gasteiger partial charge in [-0.2, -0.15) is 0 Å². The van der Waals surface area contributed by atoms with Gasteiger partial charge in [0.25, 0.3) is 0 Å². The molecular formula is C12H18N2. The molecule has 14 heavy (non-hydrogen) atoms. The van der Waals surface area contributed by atoms with Crippen molar-refractivity contribution < 1.29 is 0 Å². The molecule has 0 heterocycles. The third-order valence-corrected chi connectivity index (χ3v) is 2.85. The predicted octanol–water partition coefficient (Wildman–Crippen LogP) is 1.99. The summed E-state index contributed by atoms with van der Waals surface area (Å²) in [6, 6.07) is 8.40. The smallest absolute Gasteiger partial charge is 0.0409 e. The molecule has 1 aromatic rings. The van der Waals surface area contributed by atoms with Gasteiger partial charge in [-0.15, -0.1) is 0 Å². The summed E-state index contributed by atoms with van der Waals surface area (Å²) in [5.41, 5.74) is 8.25. The minimum Gasteiger partial charge on any atom is -0.374 e. The van der Waals surface area contributed by atoms with Crippen LogP contribution in [0.25, 0.3) is 0 Å². The zero-order valence-electron chi connectivity index (χ0n) is 8.74. The first kappa shape index (κ1) is 9.53. The molecule has 0 saturated heterocycles. The highest BCUT2D eigenvalue weighted by Gasteiger charge is 2.23. The van der Waals surface area contributed by atoms with E-state index in [-0.39, 0.29) is 0 Å². The van der Waals surface area contributed by atoms with Crippen LogP contribution in [-0.4, -0.2) is 13.6 Å². The molecular weight excluding hydrogens is 172 g/mol. The molecule has 0 amide bonds. The summed E-state index contributed by atoms with van der Waals surface area (Å²) in [5, 5.41) is 0. The molecule has 0 spiro atoms. The number of nitrogens with zero attached hydrogens (tertiary/aromatic N) is 1. The molecule has 0 aromatic heterocycles. The van der Waals surface area contributed by atoms with E-state index in [9.17, 15) is 0 Å². The highest BCUT2D eigenvalue weighted by molar-refractivity contribution is 5.53. The normalized spacial score (nSPS) is 15.6. The molecule has 1 fully saturated rings. The van der Waals surface area contributed by atoms with Gasteiger partial charge < -0.3 is 10.6 Å². The fraction of sp³-hybridized carbons (Fsp3) is 0.500. The van der Waals surface area contributed by atoms with Crippen molar-refractivity contribution in [2.45, 2.75) is 19.4 Å². The summed E-state index contributed by atoms with van der Waals surface area (Å²) < 4.78 is 0. The predicted molar refractivity (Wildman–Crippen MR) is 60.3 cm³/mol. The quantitative estimate of drug-likeness (QED) is 0.786. The van der Waals surface area contributed by atoms with E-state index >= 15 is 0 Å². The minimum atomic E-state index is 0.630. The SMILES string of the molecule is CN(CC1CC1)c1ccccc1CN. The second-order valence-corrected chi connectivity index (χ2v) is 4.16. The van der Waals surface area contributed by atoms with Gasteiger partial charge in [0.1, 0.15) is 0 Å². The summed E-state index contributed by atoms with van der Waals surface area (Å²) in [6.45, 7) is 1.81. The number of anilines is 1. The maximum absolute atomic E-state index is 5.71. The van der Waals surface area contributed by atoms with Crippen LogP contribution in [0.1, 0.15) is 18.4 Å². The van der Waals surface area contributed by atoms with Crippen LogP contribution in [0, 0.1) is 5.92 Å². The number of hydrogen-bond donors (Lipinski definition) is 1. The van der Waals surface area contributed by atoms with Crippen molar-refractivity contribution in [3.63, 3.8) is 0 Å². The Kier molecular flexibility index (Phi) is 2.73. The molecule has 0 unspecified atom stereocenters. The largest absolute Gasteiger partial charge is 0.374 e. The fourth-order valence-electron chi connectivity index (χ4n) is 1.84. The summed E-state index contributed by atoms with van der Waals surface area (Å²) in [4.78, 5) is 2.33. The Labute approximate surface area is 85.7 Å². The van der Waals surface area contributed by atoms with Crippen LogP contribution in [-0.2, 0) is 6.54 Å². The van der Waals surface area contributed by atoms with E-state index in [0.717, 1.165) is 5.92 Å². The number of hydrogen-bond acceptors (Lipinski definition) is 2. The lowest BCUT2D eigenvalue weighted by Crippen LogP contribution is -2.21. The molecule has 1 saturated carbocycles. The van der Waals surface area contributed by atoms with Gasteiger partial charge in [-0.25, -0.2) is 0 Å². The van der Waals surface area contributed by atoms with Crippen LogP contribution in [0.2, 0.25) is 0 Å². The van der Waals surface area contributed by atoms with Gasteiger partial charge in [-0.3, -0.25) is 0 Å². The van der Waals surface area contributed by atoms with E-state index in [0.29, 0.717) is 6.54 Å². The van der Waals surface area contributed by atoms with Crippen LogP contribution in [0.3, 0.4) is 0 Å². The molecule has 0 radical (unpaired) electrons. The van der Waals surface area contributed by atoms with Crippen LogP contribution in [0.4, 0.5) is 5.69 Å². The molecule has 1 aliphatic carbocycles. The fourth-order valence-corrected chi connectivity index (χ4v) is 1.84. The highest BCUT2D eigenvalue weighted by atomic mass is 15.1. The first-order chi connectivity index (χ1) is 6.81. The highest BCUT2D eigenvalue weighted by Crippen LogP contribution is 2.31. The third kappa shape index (κ3) is 2.07. The summed E-state index contributed by atoms with van der Waals surface area (Å²) in [6.07, 6.45) is 2.80. The maximum Gasteiger partial charge on any atom is 0.0409 e. The summed E-state index contributed by atoms with van der Waals surface area (Å²) in [5.74, 6) is 0.922. The van der Waals surface area contributed by atoms with Gasteiger partial charge in [0, 0.05) is 25.8 Å². The second-order valence-electron chi connectivity index (χ2n) is 4.16. The first-order valence-electron chi connectivity index (χ1n) is 5.30. The Morgan fingerprint density at radius 2 is 2.07 bits per heavy atom. The number of nitrogens with two attached hydrogens (primary N) is 1. The lowest BCUT2D eigenvalue weighted by atomic mass is 10.1. The third-order valence-electron chi connectivity index (χ3n) is 2.85. The van der Waals surface area contributed by atoms with Crippen molar-refractivity contribution >= 4 is 5.69 Å². The molecule has 0 aliphatic heterocycles. The average Bonchev–Trinajstić information content (AvgIpc) is 3.01. The Balaban J connectivity index is 2.11. The number of benzene rings is 1. The Hall–Kier alpha value is -1.02. The van der Waals surface area contributed by atoms with Crippen molar-refractivity contribution in [3.05, 3.63) is 29.8 Å². The lowest BCUT2D eigenvalue weighted by molar-refractivity contribution is 0.782. The van der Waals surface area contributed by atoms with Crippen LogP contribution in [0.5, 0.6) is 0 Å². The van der Waals surface area contributed by atoms with Gasteiger partial charge in [0.05, 0.1) is 0 Å². The summed E-state index contributed by atoms with van der Waals surface area (Å²) in [7, 11) is 2.16. The van der Waals surface area contributed by atoms with E-state index in [2.05, 4.69) is 36.2 Å². The van der Waals surface area contributed by atoms with Crippen molar-refractivity contribution in [2.75, 3.05) is 18.5 Å². The van der Waals surface area contributed by atoms with E-state index in [1.807, 2.05) is 0 Å². The van der Waals surface area contributed by atoms with Gasteiger partial charge >= 0.3 is 0 Å².